The molecular weight excluding hydrogens is 298 g/mol. The quantitative estimate of drug-likeness (QED) is 0.528. The second-order valence-corrected chi connectivity index (χ2v) is 5.75. The number of aromatic amines is 1. The number of nitrogens with one attached hydrogen (secondary N) is 1. The predicted molar refractivity (Wildman–Crippen MR) is 97.2 cm³/mol. The van der Waals surface area contributed by atoms with Crippen molar-refractivity contribution in [3.63, 3.8) is 0 Å². The lowest BCUT2D eigenvalue weighted by Crippen LogP contribution is -1.86. The zero-order chi connectivity index (χ0) is 16.5. The summed E-state index contributed by atoms with van der Waals surface area (Å²) in [7, 11) is 0. The highest BCUT2D eigenvalue weighted by Gasteiger charge is 2.08. The van der Waals surface area contributed by atoms with Gasteiger partial charge in [-0.1, -0.05) is 24.3 Å². The van der Waals surface area contributed by atoms with Gasteiger partial charge in [0.15, 0.2) is 0 Å². The molecule has 0 fully saturated rings. The standard InChI is InChI=1S/C20H17N3O/c1-13-4-2-3-5-17(13)20-22-18-11-10-16(12-19(18)23-20)24-15-8-6-14(21)7-9-15/h2-12H,21H2,1H3,(H,22,23). The molecule has 118 valence electrons. The zero-order valence-corrected chi connectivity index (χ0v) is 13.3. The van der Waals surface area contributed by atoms with Crippen molar-refractivity contribution in [1.29, 1.82) is 0 Å². The van der Waals surface area contributed by atoms with Gasteiger partial charge in [-0.15, -0.1) is 0 Å². The fourth-order valence-corrected chi connectivity index (χ4v) is 2.69. The molecule has 0 unspecified atom stereocenters. The molecule has 3 N–H and O–H groups in total. The maximum absolute atomic E-state index is 5.88. The van der Waals surface area contributed by atoms with Gasteiger partial charge in [-0.3, -0.25) is 0 Å². The Hall–Kier alpha value is -3.27. The van der Waals surface area contributed by atoms with Crippen LogP contribution < -0.4 is 10.5 Å². The maximum atomic E-state index is 5.88. The van der Waals surface area contributed by atoms with Crippen molar-refractivity contribution in [2.75, 3.05) is 5.73 Å². The number of hydrogen-bond donors (Lipinski definition) is 2. The Labute approximate surface area is 139 Å². The highest BCUT2D eigenvalue weighted by atomic mass is 16.5. The summed E-state index contributed by atoms with van der Waals surface area (Å²) in [4.78, 5) is 8.05. The lowest BCUT2D eigenvalue weighted by Gasteiger charge is -2.05. The van der Waals surface area contributed by atoms with Gasteiger partial charge in [0.25, 0.3) is 0 Å². The number of ether oxygens (including phenoxy) is 1. The monoisotopic (exact) mass is 315 g/mol. The number of nitrogen functional groups attached to an aromatic ring is 1. The summed E-state index contributed by atoms with van der Waals surface area (Å²) < 4.78 is 5.88. The number of aryl methyl sites for hydroxylation is 1. The summed E-state index contributed by atoms with van der Waals surface area (Å²) in [5.41, 5.74) is 10.6. The number of rotatable bonds is 3. The lowest BCUT2D eigenvalue weighted by molar-refractivity contribution is 0.483. The van der Waals surface area contributed by atoms with Crippen LogP contribution in [0.25, 0.3) is 22.4 Å². The largest absolute Gasteiger partial charge is 0.457 e. The van der Waals surface area contributed by atoms with E-state index in [1.165, 1.54) is 5.56 Å². The van der Waals surface area contributed by atoms with E-state index in [2.05, 4.69) is 29.0 Å². The SMILES string of the molecule is Cc1ccccc1-c1nc2ccc(Oc3ccc(N)cc3)cc2[nH]1. The highest BCUT2D eigenvalue weighted by Crippen LogP contribution is 2.28. The molecule has 0 bridgehead atoms. The van der Waals surface area contributed by atoms with Gasteiger partial charge in [-0.25, -0.2) is 4.98 Å². The number of hydrogen-bond acceptors (Lipinski definition) is 3. The minimum absolute atomic E-state index is 0.717. The number of imidazole rings is 1. The topological polar surface area (TPSA) is 63.9 Å². The Morgan fingerprint density at radius 3 is 2.46 bits per heavy atom. The van der Waals surface area contributed by atoms with Crippen LogP contribution in [0.4, 0.5) is 5.69 Å². The number of fused-ring (bicyclic) bond motifs is 1. The van der Waals surface area contributed by atoms with E-state index in [1.807, 2.05) is 54.6 Å². The van der Waals surface area contributed by atoms with Crippen LogP contribution in [0.15, 0.2) is 66.7 Å². The number of benzene rings is 3. The first-order valence-corrected chi connectivity index (χ1v) is 7.78. The number of nitrogens with two attached hydrogens (primary N) is 1. The lowest BCUT2D eigenvalue weighted by atomic mass is 10.1. The molecule has 0 aliphatic carbocycles. The van der Waals surface area contributed by atoms with Crippen LogP contribution in [0.5, 0.6) is 11.5 Å². The van der Waals surface area contributed by atoms with E-state index in [9.17, 15) is 0 Å². The Morgan fingerprint density at radius 2 is 1.67 bits per heavy atom. The molecule has 1 heterocycles. The molecule has 24 heavy (non-hydrogen) atoms. The number of H-pyrrole nitrogens is 1. The molecule has 0 radical (unpaired) electrons. The van der Waals surface area contributed by atoms with Crippen molar-refractivity contribution in [2.24, 2.45) is 0 Å². The van der Waals surface area contributed by atoms with Gasteiger partial charge in [0.2, 0.25) is 0 Å². The molecule has 0 spiro atoms. The zero-order valence-electron chi connectivity index (χ0n) is 13.3. The van der Waals surface area contributed by atoms with Crippen molar-refractivity contribution in [3.05, 3.63) is 72.3 Å². The van der Waals surface area contributed by atoms with Crippen molar-refractivity contribution in [2.45, 2.75) is 6.92 Å². The van der Waals surface area contributed by atoms with Crippen LogP contribution in [0.3, 0.4) is 0 Å². The fourth-order valence-electron chi connectivity index (χ4n) is 2.69. The van der Waals surface area contributed by atoms with Crippen molar-refractivity contribution >= 4 is 16.7 Å². The van der Waals surface area contributed by atoms with Crippen molar-refractivity contribution in [1.82, 2.24) is 9.97 Å². The van der Waals surface area contributed by atoms with E-state index in [0.29, 0.717) is 5.69 Å². The maximum Gasteiger partial charge on any atom is 0.138 e. The van der Waals surface area contributed by atoms with E-state index in [1.54, 1.807) is 0 Å². The third-order valence-corrected chi connectivity index (χ3v) is 3.97. The minimum atomic E-state index is 0.717. The van der Waals surface area contributed by atoms with Crippen molar-refractivity contribution in [3.8, 4) is 22.9 Å². The molecule has 4 nitrogen and oxygen atoms in total. The first-order chi connectivity index (χ1) is 11.7. The van der Waals surface area contributed by atoms with Gasteiger partial charge in [-0.2, -0.15) is 0 Å². The molecule has 0 saturated heterocycles. The summed E-state index contributed by atoms with van der Waals surface area (Å²) in [6, 6.07) is 21.4. The summed E-state index contributed by atoms with van der Waals surface area (Å²) in [5, 5.41) is 0. The van der Waals surface area contributed by atoms with Crippen LogP contribution in [-0.2, 0) is 0 Å². The van der Waals surface area contributed by atoms with Gasteiger partial charge >= 0.3 is 0 Å². The molecule has 0 atom stereocenters. The van der Waals surface area contributed by atoms with E-state index < -0.39 is 0 Å². The van der Waals surface area contributed by atoms with Gasteiger partial charge in [-0.05, 0) is 48.9 Å². The predicted octanol–water partition coefficient (Wildman–Crippen LogP) is 4.91. The van der Waals surface area contributed by atoms with Gasteiger partial charge in [0.1, 0.15) is 17.3 Å². The average molecular weight is 315 g/mol. The number of anilines is 1. The molecule has 0 aliphatic rings. The van der Waals surface area contributed by atoms with E-state index >= 15 is 0 Å². The van der Waals surface area contributed by atoms with Crippen LogP contribution in [0.1, 0.15) is 5.56 Å². The van der Waals surface area contributed by atoms with Crippen molar-refractivity contribution < 1.29 is 4.74 Å². The third-order valence-electron chi connectivity index (χ3n) is 3.97. The van der Waals surface area contributed by atoms with Crippen LogP contribution >= 0.6 is 0 Å². The molecule has 0 amide bonds. The molecule has 3 aromatic carbocycles. The Morgan fingerprint density at radius 1 is 0.917 bits per heavy atom. The second kappa shape index (κ2) is 5.74. The first-order valence-electron chi connectivity index (χ1n) is 7.78. The second-order valence-electron chi connectivity index (χ2n) is 5.75. The first kappa shape index (κ1) is 14.3. The van der Waals surface area contributed by atoms with Crippen LogP contribution in [0, 0.1) is 6.92 Å². The third kappa shape index (κ3) is 2.70. The molecule has 4 heteroatoms. The Kier molecular flexibility index (Phi) is 3.43. The minimum Gasteiger partial charge on any atom is -0.457 e. The summed E-state index contributed by atoms with van der Waals surface area (Å²) in [6.45, 7) is 2.08. The summed E-state index contributed by atoms with van der Waals surface area (Å²) in [5.74, 6) is 2.38. The Balaban J connectivity index is 1.68. The van der Waals surface area contributed by atoms with Gasteiger partial charge in [0.05, 0.1) is 11.0 Å². The van der Waals surface area contributed by atoms with E-state index in [0.717, 1.165) is 33.9 Å². The van der Waals surface area contributed by atoms with Crippen LogP contribution in [-0.4, -0.2) is 9.97 Å². The molecular formula is C20H17N3O. The van der Waals surface area contributed by atoms with E-state index in [4.69, 9.17) is 10.5 Å². The Bertz CT molecular complexity index is 1000. The smallest absolute Gasteiger partial charge is 0.138 e. The van der Waals surface area contributed by atoms with Crippen LogP contribution in [0.2, 0.25) is 0 Å². The highest BCUT2D eigenvalue weighted by molar-refractivity contribution is 5.81. The number of nitrogens with zero attached hydrogens (tertiary/aromatic N) is 1. The van der Waals surface area contributed by atoms with Gasteiger partial charge < -0.3 is 15.5 Å². The average Bonchev–Trinajstić information content (AvgIpc) is 3.00. The molecule has 4 rings (SSSR count). The number of aromatic nitrogens is 2. The van der Waals surface area contributed by atoms with E-state index in [-0.39, 0.29) is 0 Å². The molecule has 4 aromatic rings. The molecule has 1 aromatic heterocycles. The fraction of sp³-hybridized carbons (Fsp3) is 0.0500. The molecule has 0 saturated carbocycles. The van der Waals surface area contributed by atoms with Gasteiger partial charge in [0, 0.05) is 17.3 Å². The summed E-state index contributed by atoms with van der Waals surface area (Å²) >= 11 is 0. The summed E-state index contributed by atoms with van der Waals surface area (Å²) in [6.07, 6.45) is 0. The molecule has 0 aliphatic heterocycles. The normalized spacial score (nSPS) is 10.9.